The van der Waals surface area contributed by atoms with Crippen LogP contribution in [-0.4, -0.2) is 12.7 Å². The standard InChI is InChI=1S/C22H32O2/c1-20(2)10-6-11-21(3)18(20)9-12-22(4)19(21)13-15-7-8-16(23-5)14-17(15)24-22/h7-8,14,18-19H,6,9-13H2,1-5H3. The number of fused-ring (bicyclic) bond motifs is 4. The van der Waals surface area contributed by atoms with Gasteiger partial charge in [0.1, 0.15) is 17.1 Å². The highest BCUT2D eigenvalue weighted by atomic mass is 16.5. The third-order valence-corrected chi connectivity index (χ3v) is 7.78. The Bertz CT molecular complexity index is 649. The maximum atomic E-state index is 6.67. The van der Waals surface area contributed by atoms with E-state index in [9.17, 15) is 0 Å². The highest BCUT2D eigenvalue weighted by Gasteiger charge is 2.60. The third kappa shape index (κ3) is 2.21. The fraction of sp³-hybridized carbons (Fsp3) is 0.727. The molecule has 2 heteroatoms. The van der Waals surface area contributed by atoms with E-state index in [-0.39, 0.29) is 5.60 Å². The van der Waals surface area contributed by atoms with Crippen LogP contribution in [0.15, 0.2) is 18.2 Å². The van der Waals surface area contributed by atoms with Crippen LogP contribution in [0.3, 0.4) is 0 Å². The lowest BCUT2D eigenvalue weighted by atomic mass is 9.44. The van der Waals surface area contributed by atoms with Gasteiger partial charge < -0.3 is 9.47 Å². The Morgan fingerprint density at radius 1 is 1.04 bits per heavy atom. The highest BCUT2D eigenvalue weighted by Crippen LogP contribution is 2.64. The summed E-state index contributed by atoms with van der Waals surface area (Å²) in [5.74, 6) is 3.38. The molecule has 4 unspecified atom stereocenters. The van der Waals surface area contributed by atoms with Crippen molar-refractivity contribution in [2.45, 2.75) is 71.8 Å². The zero-order valence-electron chi connectivity index (χ0n) is 15.9. The second kappa shape index (κ2) is 5.16. The summed E-state index contributed by atoms with van der Waals surface area (Å²) in [5.41, 5.74) is 2.20. The van der Waals surface area contributed by atoms with Crippen LogP contribution in [0.2, 0.25) is 0 Å². The molecule has 1 aliphatic heterocycles. The first-order chi connectivity index (χ1) is 11.3. The average Bonchev–Trinajstić information content (AvgIpc) is 2.51. The van der Waals surface area contributed by atoms with Gasteiger partial charge in [-0.1, -0.05) is 33.3 Å². The lowest BCUT2D eigenvalue weighted by molar-refractivity contribution is -0.162. The van der Waals surface area contributed by atoms with Crippen molar-refractivity contribution >= 4 is 0 Å². The van der Waals surface area contributed by atoms with E-state index in [2.05, 4.69) is 45.9 Å². The lowest BCUT2D eigenvalue weighted by Gasteiger charge is -2.63. The summed E-state index contributed by atoms with van der Waals surface area (Å²) >= 11 is 0. The SMILES string of the molecule is COc1ccc2c(c1)OC1(C)CCC3C(C)(C)CCCC3(C)C1C2. The molecule has 2 nitrogen and oxygen atoms in total. The van der Waals surface area contributed by atoms with Crippen molar-refractivity contribution in [1.29, 1.82) is 0 Å². The predicted molar refractivity (Wildman–Crippen MR) is 97.7 cm³/mol. The summed E-state index contributed by atoms with van der Waals surface area (Å²) in [4.78, 5) is 0. The summed E-state index contributed by atoms with van der Waals surface area (Å²) in [6.45, 7) is 9.93. The van der Waals surface area contributed by atoms with Gasteiger partial charge in [-0.05, 0) is 67.4 Å². The summed E-state index contributed by atoms with van der Waals surface area (Å²) in [5, 5.41) is 0. The van der Waals surface area contributed by atoms with Gasteiger partial charge in [0.05, 0.1) is 7.11 Å². The van der Waals surface area contributed by atoms with Crippen molar-refractivity contribution in [3.63, 3.8) is 0 Å². The van der Waals surface area contributed by atoms with E-state index in [0.29, 0.717) is 16.7 Å². The van der Waals surface area contributed by atoms with E-state index >= 15 is 0 Å². The maximum Gasteiger partial charge on any atom is 0.127 e. The van der Waals surface area contributed by atoms with Crippen LogP contribution < -0.4 is 9.47 Å². The number of hydrogen-bond acceptors (Lipinski definition) is 2. The largest absolute Gasteiger partial charge is 0.497 e. The first kappa shape index (κ1) is 16.3. The van der Waals surface area contributed by atoms with E-state index in [1.54, 1.807) is 7.11 Å². The number of benzene rings is 1. The Hall–Kier alpha value is -1.18. The number of ether oxygens (including phenoxy) is 2. The second-order valence-corrected chi connectivity index (χ2v) is 9.58. The Labute approximate surface area is 146 Å². The zero-order valence-corrected chi connectivity index (χ0v) is 15.9. The molecule has 0 N–H and O–H groups in total. The minimum absolute atomic E-state index is 0.0297. The molecule has 0 spiro atoms. The molecule has 132 valence electrons. The van der Waals surface area contributed by atoms with Crippen molar-refractivity contribution < 1.29 is 9.47 Å². The molecule has 0 radical (unpaired) electrons. The van der Waals surface area contributed by atoms with Gasteiger partial charge in [-0.3, -0.25) is 0 Å². The topological polar surface area (TPSA) is 18.5 Å². The summed E-state index contributed by atoms with van der Waals surface area (Å²) < 4.78 is 12.1. The molecule has 2 saturated carbocycles. The van der Waals surface area contributed by atoms with Gasteiger partial charge in [0.25, 0.3) is 0 Å². The molecule has 1 aromatic carbocycles. The smallest absolute Gasteiger partial charge is 0.127 e. The van der Waals surface area contributed by atoms with E-state index in [1.807, 2.05) is 0 Å². The fourth-order valence-corrected chi connectivity index (χ4v) is 6.57. The number of rotatable bonds is 1. The van der Waals surface area contributed by atoms with Gasteiger partial charge in [-0.2, -0.15) is 0 Å². The van der Waals surface area contributed by atoms with E-state index in [0.717, 1.165) is 23.8 Å². The van der Waals surface area contributed by atoms with E-state index < -0.39 is 0 Å². The van der Waals surface area contributed by atoms with Crippen LogP contribution in [-0.2, 0) is 6.42 Å². The highest BCUT2D eigenvalue weighted by molar-refractivity contribution is 5.43. The quantitative estimate of drug-likeness (QED) is 0.665. The molecule has 0 aromatic heterocycles. The van der Waals surface area contributed by atoms with Crippen LogP contribution in [0.25, 0.3) is 0 Å². The Morgan fingerprint density at radius 2 is 1.83 bits per heavy atom. The second-order valence-electron chi connectivity index (χ2n) is 9.58. The first-order valence-corrected chi connectivity index (χ1v) is 9.64. The first-order valence-electron chi connectivity index (χ1n) is 9.64. The monoisotopic (exact) mass is 328 g/mol. The predicted octanol–water partition coefficient (Wildman–Crippen LogP) is 5.63. The van der Waals surface area contributed by atoms with Crippen molar-refractivity contribution in [1.82, 2.24) is 0 Å². The summed E-state index contributed by atoms with van der Waals surface area (Å²) in [7, 11) is 1.73. The molecule has 2 aliphatic carbocycles. The summed E-state index contributed by atoms with van der Waals surface area (Å²) in [6.07, 6.45) is 7.73. The molecular weight excluding hydrogens is 296 g/mol. The molecule has 1 aromatic rings. The number of methoxy groups -OCH3 is 1. The van der Waals surface area contributed by atoms with Crippen LogP contribution in [0, 0.1) is 22.7 Å². The van der Waals surface area contributed by atoms with Gasteiger partial charge in [-0.25, -0.2) is 0 Å². The van der Waals surface area contributed by atoms with Crippen LogP contribution in [0.1, 0.15) is 65.4 Å². The zero-order chi connectivity index (χ0) is 17.2. The normalized spacial score (nSPS) is 39.9. The lowest BCUT2D eigenvalue weighted by Crippen LogP contribution is -2.61. The maximum absolute atomic E-state index is 6.67. The minimum atomic E-state index is -0.0297. The van der Waals surface area contributed by atoms with E-state index in [1.165, 1.54) is 37.7 Å². The summed E-state index contributed by atoms with van der Waals surface area (Å²) in [6, 6.07) is 6.38. The van der Waals surface area contributed by atoms with Gasteiger partial charge >= 0.3 is 0 Å². The number of hydrogen-bond donors (Lipinski definition) is 0. The molecule has 24 heavy (non-hydrogen) atoms. The average molecular weight is 328 g/mol. The molecule has 3 aliphatic rings. The van der Waals surface area contributed by atoms with Crippen LogP contribution >= 0.6 is 0 Å². The Balaban J connectivity index is 1.75. The molecule has 0 bridgehead atoms. The van der Waals surface area contributed by atoms with Gasteiger partial charge in [0, 0.05) is 12.0 Å². The fourth-order valence-electron chi connectivity index (χ4n) is 6.57. The third-order valence-electron chi connectivity index (χ3n) is 7.78. The molecule has 4 atom stereocenters. The molecule has 1 heterocycles. The van der Waals surface area contributed by atoms with Crippen molar-refractivity contribution in [2.24, 2.45) is 22.7 Å². The molecule has 0 saturated heterocycles. The van der Waals surface area contributed by atoms with Crippen LogP contribution in [0.5, 0.6) is 11.5 Å². The minimum Gasteiger partial charge on any atom is -0.497 e. The van der Waals surface area contributed by atoms with Crippen molar-refractivity contribution in [2.75, 3.05) is 7.11 Å². The van der Waals surface area contributed by atoms with Gasteiger partial charge in [0.15, 0.2) is 0 Å². The Morgan fingerprint density at radius 3 is 2.58 bits per heavy atom. The Kier molecular flexibility index (Phi) is 3.50. The van der Waals surface area contributed by atoms with Crippen LogP contribution in [0.4, 0.5) is 0 Å². The molecule has 2 fully saturated rings. The van der Waals surface area contributed by atoms with E-state index in [4.69, 9.17) is 9.47 Å². The molecular formula is C22H32O2. The van der Waals surface area contributed by atoms with Gasteiger partial charge in [-0.15, -0.1) is 0 Å². The molecule has 0 amide bonds. The molecule has 4 rings (SSSR count). The van der Waals surface area contributed by atoms with Crippen molar-refractivity contribution in [3.05, 3.63) is 23.8 Å². The van der Waals surface area contributed by atoms with Crippen molar-refractivity contribution in [3.8, 4) is 11.5 Å². The van der Waals surface area contributed by atoms with Gasteiger partial charge in [0.2, 0.25) is 0 Å².